The molecule has 1 aromatic carbocycles. The summed E-state index contributed by atoms with van der Waals surface area (Å²) >= 11 is 0. The first kappa shape index (κ1) is 24.2. The zero-order valence-corrected chi connectivity index (χ0v) is 16.1. The molecule has 0 amide bonds. The fraction of sp³-hybridized carbons (Fsp3) is 0.286. The summed E-state index contributed by atoms with van der Waals surface area (Å²) in [5.41, 5.74) is -3.98. The molecule has 0 aromatic heterocycles. The molecule has 2 rings (SSSR count). The SMILES string of the molecule is CS(=O)(=O)OC1(OS(C)(=O)=O)C(F)=C(F)C(c2cc(F)c(F)c(F)c2F)=C(F)C1F. The molecule has 30 heavy (non-hydrogen) atoms. The van der Waals surface area contributed by atoms with Gasteiger partial charge in [0.25, 0.3) is 26.0 Å². The van der Waals surface area contributed by atoms with Gasteiger partial charge in [-0.2, -0.15) is 16.8 Å². The third kappa shape index (κ3) is 4.21. The second-order valence-corrected chi connectivity index (χ2v) is 8.95. The van der Waals surface area contributed by atoms with E-state index in [2.05, 4.69) is 8.37 Å². The standard InChI is InChI=1S/C14H8F8O6S2/c1-29(23,24)27-14(28-30(2,25)26)12(21)9(18)6(10(19)13(14)22)4-3-5(15)8(17)11(20)7(4)16/h3,12H,1-2H3. The molecule has 0 spiro atoms. The molecule has 0 saturated carbocycles. The molecule has 0 heterocycles. The molecule has 6 nitrogen and oxygen atoms in total. The van der Waals surface area contributed by atoms with E-state index in [1.54, 1.807) is 0 Å². The van der Waals surface area contributed by atoms with E-state index in [1.165, 1.54) is 0 Å². The lowest BCUT2D eigenvalue weighted by Crippen LogP contribution is -2.51. The molecular formula is C14H8F8O6S2. The van der Waals surface area contributed by atoms with Crippen molar-refractivity contribution in [1.29, 1.82) is 0 Å². The van der Waals surface area contributed by atoms with E-state index in [0.717, 1.165) is 0 Å². The Balaban J connectivity index is 2.88. The van der Waals surface area contributed by atoms with E-state index in [0.29, 0.717) is 0 Å². The molecule has 0 fully saturated rings. The van der Waals surface area contributed by atoms with Gasteiger partial charge >= 0.3 is 0 Å². The lowest BCUT2D eigenvalue weighted by atomic mass is 9.91. The topological polar surface area (TPSA) is 86.7 Å². The first-order chi connectivity index (χ1) is 13.4. The molecule has 1 aliphatic rings. The Bertz CT molecular complexity index is 1160. The summed E-state index contributed by atoms with van der Waals surface area (Å²) in [4.78, 5) is 0. The summed E-state index contributed by atoms with van der Waals surface area (Å²) in [7, 11) is -10.2. The molecule has 0 N–H and O–H groups in total. The smallest absolute Gasteiger partial charge is 0.233 e. The average molecular weight is 488 g/mol. The number of rotatable bonds is 5. The Morgan fingerprint density at radius 3 is 1.73 bits per heavy atom. The number of hydrogen-bond acceptors (Lipinski definition) is 6. The van der Waals surface area contributed by atoms with Crippen molar-refractivity contribution in [2.75, 3.05) is 12.5 Å². The molecule has 16 heteroatoms. The third-order valence-corrected chi connectivity index (χ3v) is 4.54. The van der Waals surface area contributed by atoms with E-state index in [4.69, 9.17) is 0 Å². The minimum Gasteiger partial charge on any atom is -0.233 e. The van der Waals surface area contributed by atoms with E-state index >= 15 is 0 Å². The second kappa shape index (κ2) is 7.58. The Labute approximate surface area is 163 Å². The normalized spacial score (nSPS) is 20.1. The van der Waals surface area contributed by atoms with Gasteiger partial charge in [-0.15, -0.1) is 0 Å². The van der Waals surface area contributed by atoms with Crippen molar-refractivity contribution >= 4 is 25.8 Å². The van der Waals surface area contributed by atoms with Crippen LogP contribution in [0.3, 0.4) is 0 Å². The zero-order chi connectivity index (χ0) is 23.4. The summed E-state index contributed by atoms with van der Waals surface area (Å²) in [6.07, 6.45) is -3.73. The summed E-state index contributed by atoms with van der Waals surface area (Å²) in [5, 5.41) is 0. The Kier molecular flexibility index (Phi) is 6.12. The number of halogens is 8. The molecule has 1 aromatic rings. The minimum absolute atomic E-state index is 0.111. The summed E-state index contributed by atoms with van der Waals surface area (Å²) in [6, 6.07) is -0.343. The number of allylic oxidation sites excluding steroid dienone is 2. The molecule has 168 valence electrons. The highest BCUT2D eigenvalue weighted by molar-refractivity contribution is 7.86. The highest BCUT2D eigenvalue weighted by Crippen LogP contribution is 2.49. The molecule has 1 atom stereocenters. The second-order valence-electron chi connectivity index (χ2n) is 5.80. The highest BCUT2D eigenvalue weighted by Gasteiger charge is 2.60. The first-order valence-electron chi connectivity index (χ1n) is 7.17. The average Bonchev–Trinajstić information content (AvgIpc) is 2.58. The molecule has 0 aliphatic heterocycles. The maximum atomic E-state index is 14.7. The van der Waals surface area contributed by atoms with Crippen LogP contribution in [0.15, 0.2) is 23.5 Å². The molecule has 1 unspecified atom stereocenters. The number of benzene rings is 1. The van der Waals surface area contributed by atoms with Gasteiger partial charge in [-0.25, -0.2) is 43.5 Å². The summed E-state index contributed by atoms with van der Waals surface area (Å²) < 4.78 is 165. The van der Waals surface area contributed by atoms with E-state index in [-0.39, 0.29) is 18.6 Å². The quantitative estimate of drug-likeness (QED) is 0.208. The van der Waals surface area contributed by atoms with Crippen LogP contribution in [0.2, 0.25) is 0 Å². The van der Waals surface area contributed by atoms with Crippen molar-refractivity contribution in [2.24, 2.45) is 0 Å². The van der Waals surface area contributed by atoms with Crippen molar-refractivity contribution < 1.29 is 60.3 Å². The molecule has 0 bridgehead atoms. The Hall–Kier alpha value is -2.04. The predicted octanol–water partition coefficient (Wildman–Crippen LogP) is 3.07. The van der Waals surface area contributed by atoms with Gasteiger partial charge in [0.2, 0.25) is 12.0 Å². The van der Waals surface area contributed by atoms with Crippen LogP contribution in [-0.2, 0) is 28.6 Å². The van der Waals surface area contributed by atoms with Crippen LogP contribution in [0.5, 0.6) is 0 Å². The van der Waals surface area contributed by atoms with Crippen molar-refractivity contribution in [3.63, 3.8) is 0 Å². The first-order valence-corrected chi connectivity index (χ1v) is 10.8. The van der Waals surface area contributed by atoms with Crippen LogP contribution in [0, 0.1) is 23.3 Å². The molecule has 0 saturated heterocycles. The lowest BCUT2D eigenvalue weighted by molar-refractivity contribution is -0.135. The molecule has 1 aliphatic carbocycles. The lowest BCUT2D eigenvalue weighted by Gasteiger charge is -2.35. The summed E-state index contributed by atoms with van der Waals surface area (Å²) in [5.74, 6) is -22.4. The van der Waals surface area contributed by atoms with Gasteiger partial charge < -0.3 is 0 Å². The van der Waals surface area contributed by atoms with Crippen LogP contribution >= 0.6 is 0 Å². The monoisotopic (exact) mass is 488 g/mol. The maximum absolute atomic E-state index is 14.7. The fourth-order valence-corrected chi connectivity index (χ4v) is 3.72. The van der Waals surface area contributed by atoms with Gasteiger partial charge in [0.15, 0.2) is 34.9 Å². The molecule has 0 radical (unpaired) electrons. The Morgan fingerprint density at radius 1 is 0.833 bits per heavy atom. The van der Waals surface area contributed by atoms with Gasteiger partial charge in [0.1, 0.15) is 0 Å². The minimum atomic E-state index is -5.08. The van der Waals surface area contributed by atoms with E-state index in [1.807, 2.05) is 0 Å². The van der Waals surface area contributed by atoms with Crippen LogP contribution < -0.4 is 0 Å². The van der Waals surface area contributed by atoms with Crippen LogP contribution in [0.25, 0.3) is 5.57 Å². The van der Waals surface area contributed by atoms with Crippen LogP contribution in [0.4, 0.5) is 35.1 Å². The van der Waals surface area contributed by atoms with Crippen molar-refractivity contribution in [3.05, 3.63) is 52.4 Å². The van der Waals surface area contributed by atoms with Crippen molar-refractivity contribution in [1.82, 2.24) is 0 Å². The van der Waals surface area contributed by atoms with Crippen molar-refractivity contribution in [2.45, 2.75) is 12.0 Å². The van der Waals surface area contributed by atoms with Crippen LogP contribution in [0.1, 0.15) is 5.56 Å². The van der Waals surface area contributed by atoms with Gasteiger partial charge in [0.05, 0.1) is 18.1 Å². The number of hydrogen-bond donors (Lipinski definition) is 0. The van der Waals surface area contributed by atoms with Gasteiger partial charge in [-0.05, 0) is 6.07 Å². The zero-order valence-electron chi connectivity index (χ0n) is 14.4. The van der Waals surface area contributed by atoms with Gasteiger partial charge in [-0.1, -0.05) is 0 Å². The fourth-order valence-electron chi connectivity index (χ4n) is 2.40. The van der Waals surface area contributed by atoms with Gasteiger partial charge in [-0.3, -0.25) is 0 Å². The van der Waals surface area contributed by atoms with E-state index < -0.39 is 84.1 Å². The summed E-state index contributed by atoms with van der Waals surface area (Å²) in [6.45, 7) is 0. The molecular weight excluding hydrogens is 480 g/mol. The van der Waals surface area contributed by atoms with Gasteiger partial charge in [0, 0.05) is 5.56 Å². The maximum Gasteiger partial charge on any atom is 0.295 e. The van der Waals surface area contributed by atoms with E-state index in [9.17, 15) is 52.0 Å². The Morgan fingerprint density at radius 2 is 1.30 bits per heavy atom. The largest absolute Gasteiger partial charge is 0.295 e. The van der Waals surface area contributed by atoms with Crippen molar-refractivity contribution in [3.8, 4) is 0 Å². The third-order valence-electron chi connectivity index (χ3n) is 3.44. The number of alkyl halides is 1. The van der Waals surface area contributed by atoms with Crippen LogP contribution in [-0.4, -0.2) is 41.3 Å². The highest BCUT2D eigenvalue weighted by atomic mass is 32.2. The predicted molar refractivity (Wildman–Crippen MR) is 83.0 cm³/mol.